The molecule has 0 aliphatic heterocycles. The van der Waals surface area contributed by atoms with Gasteiger partial charge in [-0.1, -0.05) is 96.9 Å². The standard InChI is InChI=1S/3C9H14N2.3C8H12N2.C7H10N2/c1-6(2)9-8(4)7(3)5-10-11-9;1-6(2)9-5-7(3)8(4)10-11-9;1-6(2)9-7(3)5-8(4)10-11-9;1-6(2)8-4-7(3)5-9-10-8;1-6(2)8-7(3)4-5-9-10-8;1-6(2)8-5-4-7(3)9-10-8;1-6(2)7-4-3-5-8-9-7/h3*5-6H,1-4H3;3*4-6H,1-3H3;3-6H,1-2H3. The molecule has 0 spiro atoms. The highest BCUT2D eigenvalue weighted by molar-refractivity contribution is 5.27. The van der Waals surface area contributed by atoms with Crippen molar-refractivity contribution in [2.45, 2.75) is 201 Å². The molecule has 0 saturated heterocycles. The maximum atomic E-state index is 4.13. The SMILES string of the molecule is CC(C)c1cccnn1.Cc1cc(C(C)C)nnc1C.Cc1cc(C)c(C(C)C)nn1.Cc1ccc(C(C)C)nn1.Cc1ccnnc1C(C)C.Cc1cnnc(C(C)C)c1.Cc1cnnc(C(C)C)c1C. The Labute approximate surface area is 434 Å². The first-order chi connectivity index (χ1) is 33.8. The summed E-state index contributed by atoms with van der Waals surface area (Å²) in [5.74, 6) is 3.35. The molecule has 0 atom stereocenters. The lowest BCUT2D eigenvalue weighted by Gasteiger charge is -2.08. The molecule has 0 radical (unpaired) electrons. The van der Waals surface area contributed by atoms with Crippen LogP contribution >= 0.6 is 0 Å². The summed E-state index contributed by atoms with van der Waals surface area (Å²) >= 11 is 0. The molecule has 7 aromatic heterocycles. The van der Waals surface area contributed by atoms with Crippen molar-refractivity contribution in [2.75, 3.05) is 0 Å². The van der Waals surface area contributed by atoms with Gasteiger partial charge in [0.2, 0.25) is 0 Å². The van der Waals surface area contributed by atoms with Gasteiger partial charge in [0.05, 0.1) is 69.3 Å². The molecule has 7 aromatic rings. The molecule has 7 rings (SSSR count). The normalized spacial score (nSPS) is 10.5. The van der Waals surface area contributed by atoms with E-state index in [0.29, 0.717) is 41.4 Å². The Morgan fingerprint density at radius 1 is 0.306 bits per heavy atom. The molecule has 0 fully saturated rings. The van der Waals surface area contributed by atoms with E-state index in [1.807, 2.05) is 58.0 Å². The van der Waals surface area contributed by atoms with Crippen molar-refractivity contribution >= 4 is 0 Å². The fourth-order valence-corrected chi connectivity index (χ4v) is 6.23. The number of rotatable bonds is 7. The molecule has 0 saturated carbocycles. The van der Waals surface area contributed by atoms with Gasteiger partial charge in [0.1, 0.15) is 0 Å². The third-order valence-electron chi connectivity index (χ3n) is 11.0. The summed E-state index contributed by atoms with van der Waals surface area (Å²) in [5, 5.41) is 55.6. The fraction of sp³-hybridized carbons (Fsp3) is 0.517. The van der Waals surface area contributed by atoms with E-state index in [-0.39, 0.29) is 0 Å². The second-order valence-corrected chi connectivity index (χ2v) is 20.2. The van der Waals surface area contributed by atoms with Crippen molar-refractivity contribution in [3.05, 3.63) is 164 Å². The summed E-state index contributed by atoms with van der Waals surface area (Å²) in [5.41, 5.74) is 17.9. The Kier molecular flexibility index (Phi) is 29.4. The monoisotopic (exact) mass is 981 g/mol. The van der Waals surface area contributed by atoms with Crippen molar-refractivity contribution < 1.29 is 0 Å². The van der Waals surface area contributed by atoms with Gasteiger partial charge >= 0.3 is 0 Å². The zero-order valence-electron chi connectivity index (χ0n) is 48.2. The quantitative estimate of drug-likeness (QED) is 0.147. The Balaban J connectivity index is 0.000000420. The van der Waals surface area contributed by atoms with Gasteiger partial charge in [-0.25, -0.2) is 0 Å². The predicted octanol–water partition coefficient (Wildman–Crippen LogP) is 14.0. The maximum absolute atomic E-state index is 4.13. The number of aryl methyl sites for hydroxylation is 8. The Hall–Kier alpha value is -6.44. The zero-order valence-corrected chi connectivity index (χ0v) is 48.2. The first-order valence-corrected chi connectivity index (χ1v) is 25.3. The summed E-state index contributed by atoms with van der Waals surface area (Å²) in [6, 6.07) is 16.1. The lowest BCUT2D eigenvalue weighted by atomic mass is 10.0. The molecular formula is C58H88N14. The van der Waals surface area contributed by atoms with Crippen LogP contribution in [0.2, 0.25) is 0 Å². The summed E-state index contributed by atoms with van der Waals surface area (Å²) in [6.07, 6.45) is 6.99. The van der Waals surface area contributed by atoms with Gasteiger partial charge < -0.3 is 0 Å². The second kappa shape index (κ2) is 33.3. The number of hydrogen-bond donors (Lipinski definition) is 0. The first-order valence-electron chi connectivity index (χ1n) is 25.3. The molecule has 0 bridgehead atoms. The van der Waals surface area contributed by atoms with Gasteiger partial charge in [0.15, 0.2) is 0 Å². The highest BCUT2D eigenvalue weighted by Gasteiger charge is 2.08. The number of nitrogens with zero attached hydrogens (tertiary/aromatic N) is 14. The number of aromatic nitrogens is 14. The van der Waals surface area contributed by atoms with Crippen LogP contribution in [0.5, 0.6) is 0 Å². The Morgan fingerprint density at radius 2 is 0.792 bits per heavy atom. The van der Waals surface area contributed by atoms with Gasteiger partial charge in [0.25, 0.3) is 0 Å². The maximum Gasteiger partial charge on any atom is 0.0688 e. The molecule has 7 heterocycles. The van der Waals surface area contributed by atoms with Gasteiger partial charge in [-0.2, -0.15) is 71.4 Å². The van der Waals surface area contributed by atoms with E-state index < -0.39 is 0 Å². The number of hydrogen-bond acceptors (Lipinski definition) is 14. The minimum absolute atomic E-state index is 0.474. The van der Waals surface area contributed by atoms with Crippen LogP contribution in [0.4, 0.5) is 0 Å². The van der Waals surface area contributed by atoms with Crippen LogP contribution in [0.25, 0.3) is 0 Å². The molecule has 0 aromatic carbocycles. The molecule has 0 amide bonds. The van der Waals surface area contributed by atoms with Gasteiger partial charge in [-0.05, 0) is 186 Å². The Bertz CT molecular complexity index is 2570. The highest BCUT2D eigenvalue weighted by Crippen LogP contribution is 2.18. The lowest BCUT2D eigenvalue weighted by molar-refractivity contribution is 0.765. The smallest absolute Gasteiger partial charge is 0.0688 e. The van der Waals surface area contributed by atoms with E-state index in [9.17, 15) is 0 Å². The van der Waals surface area contributed by atoms with Gasteiger partial charge in [-0.15, -0.1) is 0 Å². The van der Waals surface area contributed by atoms with Crippen LogP contribution < -0.4 is 0 Å². The molecule has 390 valence electrons. The predicted molar refractivity (Wildman–Crippen MR) is 295 cm³/mol. The fourth-order valence-electron chi connectivity index (χ4n) is 6.23. The summed E-state index contributed by atoms with van der Waals surface area (Å²) in [6.45, 7) is 48.0. The third-order valence-corrected chi connectivity index (χ3v) is 11.0. The lowest BCUT2D eigenvalue weighted by Crippen LogP contribution is -2.00. The van der Waals surface area contributed by atoms with Crippen molar-refractivity contribution in [3.8, 4) is 0 Å². The minimum atomic E-state index is 0.474. The molecule has 72 heavy (non-hydrogen) atoms. The van der Waals surface area contributed by atoms with Crippen molar-refractivity contribution in [3.63, 3.8) is 0 Å². The van der Waals surface area contributed by atoms with E-state index >= 15 is 0 Å². The van der Waals surface area contributed by atoms with E-state index in [0.717, 1.165) is 56.9 Å². The second-order valence-electron chi connectivity index (χ2n) is 20.2. The Morgan fingerprint density at radius 3 is 1.21 bits per heavy atom. The highest BCUT2D eigenvalue weighted by atomic mass is 15.1. The van der Waals surface area contributed by atoms with E-state index in [1.165, 1.54) is 33.4 Å². The van der Waals surface area contributed by atoms with Crippen molar-refractivity contribution in [1.82, 2.24) is 71.4 Å². The topological polar surface area (TPSA) is 180 Å². The molecule has 0 N–H and O–H groups in total. The molecule has 0 unspecified atom stereocenters. The van der Waals surface area contributed by atoms with Crippen LogP contribution in [-0.2, 0) is 0 Å². The van der Waals surface area contributed by atoms with Crippen LogP contribution in [0.3, 0.4) is 0 Å². The zero-order chi connectivity index (χ0) is 54.7. The van der Waals surface area contributed by atoms with Crippen LogP contribution in [0.15, 0.2) is 73.3 Å². The van der Waals surface area contributed by atoms with Gasteiger partial charge in [-0.3, -0.25) is 0 Å². The van der Waals surface area contributed by atoms with E-state index in [1.54, 1.807) is 24.8 Å². The van der Waals surface area contributed by atoms with Crippen molar-refractivity contribution in [2.24, 2.45) is 0 Å². The van der Waals surface area contributed by atoms with Crippen LogP contribution in [0.1, 0.15) is 229 Å². The summed E-state index contributed by atoms with van der Waals surface area (Å²) < 4.78 is 0. The molecular weight excluding hydrogens is 893 g/mol. The summed E-state index contributed by atoms with van der Waals surface area (Å²) in [7, 11) is 0. The molecule has 0 aliphatic rings. The van der Waals surface area contributed by atoms with Crippen LogP contribution in [-0.4, -0.2) is 71.4 Å². The van der Waals surface area contributed by atoms with Crippen LogP contribution in [0, 0.1) is 62.3 Å². The average Bonchev–Trinajstić information content (AvgIpc) is 3.32. The summed E-state index contributed by atoms with van der Waals surface area (Å²) in [4.78, 5) is 0. The van der Waals surface area contributed by atoms with E-state index in [4.69, 9.17) is 0 Å². The molecule has 14 heteroatoms. The van der Waals surface area contributed by atoms with Gasteiger partial charge in [0, 0.05) is 12.4 Å². The first kappa shape index (κ1) is 63.6. The average molecular weight is 981 g/mol. The minimum Gasteiger partial charge on any atom is -0.159 e. The molecule has 14 nitrogen and oxygen atoms in total. The van der Waals surface area contributed by atoms with E-state index in [2.05, 4.69) is 221 Å². The molecule has 0 aliphatic carbocycles. The largest absolute Gasteiger partial charge is 0.159 e. The van der Waals surface area contributed by atoms with Crippen molar-refractivity contribution in [1.29, 1.82) is 0 Å². The third kappa shape index (κ3) is 24.6.